The molecule has 1 aromatic rings. The molecule has 4 nitrogen and oxygen atoms in total. The zero-order valence-electron chi connectivity index (χ0n) is 13.4. The average molecular weight is 302 g/mol. The summed E-state index contributed by atoms with van der Waals surface area (Å²) in [5.41, 5.74) is 0.752. The number of likely N-dealkylation sites (tertiary alicyclic amines) is 1. The zero-order chi connectivity index (χ0) is 15.4. The number of methoxy groups -OCH3 is 1. The van der Waals surface area contributed by atoms with Gasteiger partial charge in [-0.3, -0.25) is 9.69 Å². The molecule has 22 heavy (non-hydrogen) atoms. The number of hydrogen-bond acceptors (Lipinski definition) is 3. The molecular weight excluding hydrogens is 276 g/mol. The molecule has 1 N–H and O–H groups in total. The number of amides is 1. The van der Waals surface area contributed by atoms with E-state index < -0.39 is 0 Å². The van der Waals surface area contributed by atoms with Crippen LogP contribution in [0.1, 0.15) is 32.1 Å². The Bertz CT molecular complexity index is 518. The molecule has 2 atom stereocenters. The smallest absolute Gasteiger partial charge is 0.238 e. The Labute approximate surface area is 132 Å². The Morgan fingerprint density at radius 3 is 2.82 bits per heavy atom. The summed E-state index contributed by atoms with van der Waals surface area (Å²) in [6, 6.07) is 7.56. The van der Waals surface area contributed by atoms with Crippen LogP contribution in [0.2, 0.25) is 0 Å². The summed E-state index contributed by atoms with van der Waals surface area (Å²) in [6.07, 6.45) is 6.76. The fourth-order valence-electron chi connectivity index (χ4n) is 3.96. The van der Waals surface area contributed by atoms with Crippen LogP contribution in [0.3, 0.4) is 0 Å². The fraction of sp³-hybridized carbons (Fsp3) is 0.611. The van der Waals surface area contributed by atoms with E-state index in [1.165, 1.54) is 32.1 Å². The van der Waals surface area contributed by atoms with Crippen LogP contribution in [-0.4, -0.2) is 37.6 Å². The van der Waals surface area contributed by atoms with Gasteiger partial charge in [-0.15, -0.1) is 0 Å². The van der Waals surface area contributed by atoms with Gasteiger partial charge in [-0.2, -0.15) is 0 Å². The molecule has 0 unspecified atom stereocenters. The number of hydrogen-bond donors (Lipinski definition) is 1. The lowest BCUT2D eigenvalue weighted by atomic mass is 9.75. The predicted molar refractivity (Wildman–Crippen MR) is 88.1 cm³/mol. The molecule has 1 aromatic carbocycles. The normalized spacial score (nSPS) is 25.3. The first-order valence-corrected chi connectivity index (χ1v) is 8.41. The van der Waals surface area contributed by atoms with Crippen LogP contribution >= 0.6 is 0 Å². The van der Waals surface area contributed by atoms with E-state index in [2.05, 4.69) is 10.2 Å². The quantitative estimate of drug-likeness (QED) is 0.929. The summed E-state index contributed by atoms with van der Waals surface area (Å²) < 4.78 is 5.28. The minimum Gasteiger partial charge on any atom is -0.495 e. The number of rotatable bonds is 4. The number of nitrogens with one attached hydrogen (secondary N) is 1. The summed E-state index contributed by atoms with van der Waals surface area (Å²) in [7, 11) is 1.62. The van der Waals surface area contributed by atoms with Crippen LogP contribution < -0.4 is 10.1 Å². The maximum Gasteiger partial charge on any atom is 0.238 e. The number of anilines is 1. The van der Waals surface area contributed by atoms with Crippen molar-refractivity contribution in [3.05, 3.63) is 24.3 Å². The van der Waals surface area contributed by atoms with Gasteiger partial charge in [0.2, 0.25) is 5.91 Å². The van der Waals surface area contributed by atoms with E-state index in [0.717, 1.165) is 30.6 Å². The maximum absolute atomic E-state index is 12.3. The number of fused-ring (bicyclic) bond motifs is 1. The molecule has 0 radical (unpaired) electrons. The van der Waals surface area contributed by atoms with Gasteiger partial charge < -0.3 is 10.1 Å². The first-order chi connectivity index (χ1) is 10.8. The van der Waals surface area contributed by atoms with Crippen molar-refractivity contribution in [1.82, 2.24) is 4.90 Å². The van der Waals surface area contributed by atoms with E-state index in [0.29, 0.717) is 12.3 Å². The van der Waals surface area contributed by atoms with Crippen LogP contribution in [0.4, 0.5) is 5.69 Å². The second kappa shape index (κ2) is 7.14. The topological polar surface area (TPSA) is 41.6 Å². The van der Waals surface area contributed by atoms with E-state index in [4.69, 9.17) is 4.74 Å². The van der Waals surface area contributed by atoms with Crippen LogP contribution in [0, 0.1) is 11.8 Å². The minimum absolute atomic E-state index is 0.0544. The number of piperidine rings is 1. The standard InChI is InChI=1S/C18H26N2O2/c1-22-17-9-5-4-8-16(17)19-18(21)13-20-11-10-14-6-2-3-7-15(14)12-20/h4-5,8-9,14-15H,2-3,6-7,10-13H2,1H3,(H,19,21)/t14-,15-/m1/s1. The van der Waals surface area contributed by atoms with Crippen molar-refractivity contribution in [2.75, 3.05) is 32.1 Å². The molecule has 0 spiro atoms. The van der Waals surface area contributed by atoms with Gasteiger partial charge >= 0.3 is 0 Å². The lowest BCUT2D eigenvalue weighted by Gasteiger charge is -2.41. The first kappa shape index (κ1) is 15.3. The van der Waals surface area contributed by atoms with Gasteiger partial charge in [-0.1, -0.05) is 31.4 Å². The fourth-order valence-corrected chi connectivity index (χ4v) is 3.96. The molecule has 1 aliphatic heterocycles. The molecule has 1 heterocycles. The number of nitrogens with zero attached hydrogens (tertiary/aromatic N) is 1. The van der Waals surface area contributed by atoms with Crippen molar-refractivity contribution in [1.29, 1.82) is 0 Å². The Morgan fingerprint density at radius 2 is 2.00 bits per heavy atom. The third-order valence-corrected chi connectivity index (χ3v) is 5.12. The molecule has 2 aliphatic rings. The highest BCUT2D eigenvalue weighted by molar-refractivity contribution is 5.93. The summed E-state index contributed by atoms with van der Waals surface area (Å²) >= 11 is 0. The molecule has 1 aliphatic carbocycles. The molecule has 1 saturated carbocycles. The van der Waals surface area contributed by atoms with Crippen LogP contribution in [0.5, 0.6) is 5.75 Å². The molecule has 3 rings (SSSR count). The monoisotopic (exact) mass is 302 g/mol. The highest BCUT2D eigenvalue weighted by Crippen LogP contribution is 2.35. The molecule has 2 fully saturated rings. The number of carbonyl (C=O) groups is 1. The Hall–Kier alpha value is -1.55. The van der Waals surface area contributed by atoms with Crippen molar-refractivity contribution < 1.29 is 9.53 Å². The Balaban J connectivity index is 1.53. The molecule has 1 saturated heterocycles. The highest BCUT2D eigenvalue weighted by atomic mass is 16.5. The second-order valence-corrected chi connectivity index (χ2v) is 6.58. The average Bonchev–Trinajstić information content (AvgIpc) is 2.55. The van der Waals surface area contributed by atoms with Crippen molar-refractivity contribution in [3.63, 3.8) is 0 Å². The molecule has 4 heteroatoms. The van der Waals surface area contributed by atoms with E-state index in [1.807, 2.05) is 24.3 Å². The SMILES string of the molecule is COc1ccccc1NC(=O)CN1CC[C@H]2CCCC[C@@H]2C1. The number of carbonyl (C=O) groups excluding carboxylic acids is 1. The van der Waals surface area contributed by atoms with Crippen molar-refractivity contribution >= 4 is 11.6 Å². The van der Waals surface area contributed by atoms with Gasteiger partial charge in [-0.05, 0) is 43.4 Å². The van der Waals surface area contributed by atoms with Gasteiger partial charge in [0.25, 0.3) is 0 Å². The maximum atomic E-state index is 12.3. The van der Waals surface area contributed by atoms with Gasteiger partial charge in [0.1, 0.15) is 5.75 Å². The molecule has 1 amide bonds. The third-order valence-electron chi connectivity index (χ3n) is 5.12. The van der Waals surface area contributed by atoms with Gasteiger partial charge in [0, 0.05) is 6.54 Å². The predicted octanol–water partition coefficient (Wildman–Crippen LogP) is 3.15. The summed E-state index contributed by atoms with van der Waals surface area (Å²) in [5, 5.41) is 2.98. The number of ether oxygens (including phenoxy) is 1. The molecule has 120 valence electrons. The van der Waals surface area contributed by atoms with E-state index in [1.54, 1.807) is 7.11 Å². The largest absolute Gasteiger partial charge is 0.495 e. The lowest BCUT2D eigenvalue weighted by molar-refractivity contribution is -0.118. The van der Waals surface area contributed by atoms with Crippen molar-refractivity contribution in [2.24, 2.45) is 11.8 Å². The summed E-state index contributed by atoms with van der Waals surface area (Å²) in [6.45, 7) is 2.63. The zero-order valence-corrected chi connectivity index (χ0v) is 13.4. The minimum atomic E-state index is 0.0544. The highest BCUT2D eigenvalue weighted by Gasteiger charge is 2.31. The first-order valence-electron chi connectivity index (χ1n) is 8.41. The molecule has 0 aromatic heterocycles. The van der Waals surface area contributed by atoms with E-state index in [-0.39, 0.29) is 5.91 Å². The second-order valence-electron chi connectivity index (χ2n) is 6.58. The van der Waals surface area contributed by atoms with Crippen LogP contribution in [-0.2, 0) is 4.79 Å². The molecule has 0 bridgehead atoms. The van der Waals surface area contributed by atoms with Crippen LogP contribution in [0.15, 0.2) is 24.3 Å². The third kappa shape index (κ3) is 3.61. The lowest BCUT2D eigenvalue weighted by Crippen LogP contribution is -2.44. The number of para-hydroxylation sites is 2. The van der Waals surface area contributed by atoms with Gasteiger partial charge in [0.15, 0.2) is 0 Å². The summed E-state index contributed by atoms with van der Waals surface area (Å²) in [5.74, 6) is 2.48. The number of benzene rings is 1. The van der Waals surface area contributed by atoms with Crippen LogP contribution in [0.25, 0.3) is 0 Å². The summed E-state index contributed by atoms with van der Waals surface area (Å²) in [4.78, 5) is 14.6. The molecular formula is C18H26N2O2. The van der Waals surface area contributed by atoms with Crippen molar-refractivity contribution in [3.8, 4) is 5.75 Å². The van der Waals surface area contributed by atoms with E-state index >= 15 is 0 Å². The Kier molecular flexibility index (Phi) is 4.98. The van der Waals surface area contributed by atoms with E-state index in [9.17, 15) is 4.79 Å². The van der Waals surface area contributed by atoms with Crippen molar-refractivity contribution in [2.45, 2.75) is 32.1 Å². The Morgan fingerprint density at radius 1 is 1.23 bits per heavy atom. The van der Waals surface area contributed by atoms with Gasteiger partial charge in [0.05, 0.1) is 19.3 Å². The van der Waals surface area contributed by atoms with Gasteiger partial charge in [-0.25, -0.2) is 0 Å².